The van der Waals surface area contributed by atoms with Crippen molar-refractivity contribution in [1.82, 2.24) is 0 Å². The molecule has 0 aromatic rings. The second-order valence-corrected chi connectivity index (χ2v) is 4.18. The molecule has 0 fully saturated rings. The molecule has 86 valence electrons. The summed E-state index contributed by atoms with van der Waals surface area (Å²) < 4.78 is 5.19. The Morgan fingerprint density at radius 3 is 2.56 bits per heavy atom. The molecular weight excluding hydrogens is 208 g/mol. The van der Waals surface area contributed by atoms with Crippen molar-refractivity contribution in [3.63, 3.8) is 0 Å². The topological polar surface area (TPSA) is 63.6 Å². The summed E-state index contributed by atoms with van der Waals surface area (Å²) in [6.45, 7) is 0. The number of carbonyl (C=O) groups excluding carboxylic acids is 1. The molecule has 0 saturated heterocycles. The van der Waals surface area contributed by atoms with Crippen LogP contribution >= 0.6 is 0 Å². The number of hydrogen-bond acceptors (Lipinski definition) is 3. The number of ether oxygens (including phenoxy) is 1. The van der Waals surface area contributed by atoms with Gasteiger partial charge in [-0.3, -0.25) is 9.59 Å². The van der Waals surface area contributed by atoms with E-state index < -0.39 is 11.9 Å². The predicted octanol–water partition coefficient (Wildman–Crippen LogP) is 1.87. The fraction of sp³-hybridized carbons (Fsp3) is 0.500. The maximum atomic E-state index is 11.6. The van der Waals surface area contributed by atoms with Gasteiger partial charge in [-0.05, 0) is 25.3 Å². The molecular formula is C12H14O4. The Hall–Kier alpha value is -1.58. The quantitative estimate of drug-likeness (QED) is 0.585. The largest absolute Gasteiger partial charge is 0.481 e. The molecule has 0 spiro atoms. The summed E-state index contributed by atoms with van der Waals surface area (Å²) in [6.07, 6.45) is 8.01. The SMILES string of the molecule is O=C(O)C1C=C(OC(=O)C2CC=CC2)CC1. The Morgan fingerprint density at radius 2 is 2.00 bits per heavy atom. The molecule has 0 bridgehead atoms. The monoisotopic (exact) mass is 222 g/mol. The van der Waals surface area contributed by atoms with Gasteiger partial charge in [-0.25, -0.2) is 0 Å². The minimum absolute atomic E-state index is 0.0789. The second kappa shape index (κ2) is 4.51. The first kappa shape index (κ1) is 10.9. The number of carboxylic acid groups (broad SMARTS) is 1. The van der Waals surface area contributed by atoms with E-state index in [0.29, 0.717) is 18.6 Å². The summed E-state index contributed by atoms with van der Waals surface area (Å²) >= 11 is 0. The molecule has 1 atom stereocenters. The van der Waals surface area contributed by atoms with E-state index in [2.05, 4.69) is 0 Å². The van der Waals surface area contributed by atoms with Crippen LogP contribution < -0.4 is 0 Å². The zero-order chi connectivity index (χ0) is 11.5. The number of carbonyl (C=O) groups is 2. The normalized spacial score (nSPS) is 24.5. The molecule has 16 heavy (non-hydrogen) atoms. The van der Waals surface area contributed by atoms with Crippen molar-refractivity contribution in [3.8, 4) is 0 Å². The van der Waals surface area contributed by atoms with Crippen LogP contribution in [0.25, 0.3) is 0 Å². The fourth-order valence-corrected chi connectivity index (χ4v) is 1.99. The molecule has 0 saturated carbocycles. The molecule has 4 nitrogen and oxygen atoms in total. The lowest BCUT2D eigenvalue weighted by Gasteiger charge is -2.09. The van der Waals surface area contributed by atoms with Gasteiger partial charge in [-0.15, -0.1) is 0 Å². The summed E-state index contributed by atoms with van der Waals surface area (Å²) in [5.74, 6) is -1.14. The molecule has 0 aromatic heterocycles. The number of hydrogen-bond donors (Lipinski definition) is 1. The van der Waals surface area contributed by atoms with Crippen LogP contribution in [0.5, 0.6) is 0 Å². The summed E-state index contributed by atoms with van der Waals surface area (Å²) in [6, 6.07) is 0. The van der Waals surface area contributed by atoms with Crippen molar-refractivity contribution in [1.29, 1.82) is 0 Å². The molecule has 0 aliphatic heterocycles. The van der Waals surface area contributed by atoms with Gasteiger partial charge in [0.25, 0.3) is 0 Å². The van der Waals surface area contributed by atoms with E-state index in [9.17, 15) is 9.59 Å². The van der Waals surface area contributed by atoms with E-state index in [-0.39, 0.29) is 11.9 Å². The lowest BCUT2D eigenvalue weighted by molar-refractivity contribution is -0.144. The van der Waals surface area contributed by atoms with E-state index in [1.165, 1.54) is 0 Å². The highest BCUT2D eigenvalue weighted by atomic mass is 16.5. The fourth-order valence-electron chi connectivity index (χ4n) is 1.99. The van der Waals surface area contributed by atoms with Crippen LogP contribution in [0.15, 0.2) is 24.0 Å². The Kier molecular flexibility index (Phi) is 3.08. The number of esters is 1. The summed E-state index contributed by atoms with van der Waals surface area (Å²) in [7, 11) is 0. The lowest BCUT2D eigenvalue weighted by atomic mass is 10.1. The highest BCUT2D eigenvalue weighted by Gasteiger charge is 2.27. The van der Waals surface area contributed by atoms with Crippen molar-refractivity contribution < 1.29 is 19.4 Å². The maximum absolute atomic E-state index is 11.6. The van der Waals surface area contributed by atoms with Gasteiger partial charge in [0.05, 0.1) is 11.8 Å². The van der Waals surface area contributed by atoms with Crippen molar-refractivity contribution >= 4 is 11.9 Å². The van der Waals surface area contributed by atoms with Crippen LogP contribution in [0, 0.1) is 11.8 Å². The third kappa shape index (κ3) is 2.32. The van der Waals surface area contributed by atoms with Crippen LogP contribution in [-0.2, 0) is 14.3 Å². The lowest BCUT2D eigenvalue weighted by Crippen LogP contribution is -2.14. The first-order chi connectivity index (χ1) is 7.66. The maximum Gasteiger partial charge on any atom is 0.314 e. The number of aliphatic carboxylic acids is 1. The van der Waals surface area contributed by atoms with Gasteiger partial charge in [0.2, 0.25) is 0 Å². The van der Waals surface area contributed by atoms with Crippen molar-refractivity contribution in [2.24, 2.45) is 11.8 Å². The first-order valence-corrected chi connectivity index (χ1v) is 5.47. The summed E-state index contributed by atoms with van der Waals surface area (Å²) in [5.41, 5.74) is 0. The van der Waals surface area contributed by atoms with Crippen molar-refractivity contribution in [2.75, 3.05) is 0 Å². The molecule has 0 aromatic carbocycles. The second-order valence-electron chi connectivity index (χ2n) is 4.18. The third-order valence-electron chi connectivity index (χ3n) is 2.98. The average Bonchev–Trinajstić information content (AvgIpc) is 2.87. The zero-order valence-corrected chi connectivity index (χ0v) is 8.89. The van der Waals surface area contributed by atoms with Crippen LogP contribution in [0.2, 0.25) is 0 Å². The van der Waals surface area contributed by atoms with Crippen LogP contribution in [0.3, 0.4) is 0 Å². The number of carboxylic acids is 1. The number of rotatable bonds is 3. The minimum Gasteiger partial charge on any atom is -0.481 e. The zero-order valence-electron chi connectivity index (χ0n) is 8.89. The van der Waals surface area contributed by atoms with Gasteiger partial charge < -0.3 is 9.84 Å². The predicted molar refractivity (Wildman–Crippen MR) is 56.4 cm³/mol. The van der Waals surface area contributed by atoms with Gasteiger partial charge in [0, 0.05) is 6.42 Å². The van der Waals surface area contributed by atoms with Gasteiger partial charge >= 0.3 is 11.9 Å². The number of allylic oxidation sites excluding steroid dienone is 3. The van der Waals surface area contributed by atoms with Gasteiger partial charge in [0.1, 0.15) is 5.76 Å². The molecule has 2 rings (SSSR count). The Bertz CT molecular complexity index is 359. The van der Waals surface area contributed by atoms with Gasteiger partial charge in [-0.1, -0.05) is 12.2 Å². The average molecular weight is 222 g/mol. The molecule has 0 amide bonds. The van der Waals surface area contributed by atoms with Crippen LogP contribution in [0.1, 0.15) is 25.7 Å². The molecule has 0 radical (unpaired) electrons. The van der Waals surface area contributed by atoms with Gasteiger partial charge in [-0.2, -0.15) is 0 Å². The Morgan fingerprint density at radius 1 is 1.31 bits per heavy atom. The van der Waals surface area contributed by atoms with Crippen molar-refractivity contribution in [3.05, 3.63) is 24.0 Å². The molecule has 2 aliphatic carbocycles. The molecule has 1 unspecified atom stereocenters. The minimum atomic E-state index is -0.853. The molecule has 4 heteroatoms. The van der Waals surface area contributed by atoms with Gasteiger partial charge in [0.15, 0.2) is 0 Å². The molecule has 0 heterocycles. The van der Waals surface area contributed by atoms with Crippen LogP contribution in [0.4, 0.5) is 0 Å². The summed E-state index contributed by atoms with van der Waals surface area (Å²) in [5, 5.41) is 8.78. The van der Waals surface area contributed by atoms with Crippen LogP contribution in [-0.4, -0.2) is 17.0 Å². The third-order valence-corrected chi connectivity index (χ3v) is 2.98. The summed E-state index contributed by atoms with van der Waals surface area (Å²) in [4.78, 5) is 22.3. The molecule has 1 N–H and O–H groups in total. The first-order valence-electron chi connectivity index (χ1n) is 5.47. The van der Waals surface area contributed by atoms with E-state index >= 15 is 0 Å². The van der Waals surface area contributed by atoms with Crippen molar-refractivity contribution in [2.45, 2.75) is 25.7 Å². The van der Waals surface area contributed by atoms with E-state index in [0.717, 1.165) is 12.8 Å². The highest BCUT2D eigenvalue weighted by Crippen LogP contribution is 2.27. The highest BCUT2D eigenvalue weighted by molar-refractivity contribution is 5.76. The van der Waals surface area contributed by atoms with E-state index in [1.807, 2.05) is 12.2 Å². The Labute approximate surface area is 93.6 Å². The smallest absolute Gasteiger partial charge is 0.314 e. The molecule has 2 aliphatic rings. The Balaban J connectivity index is 1.88. The van der Waals surface area contributed by atoms with E-state index in [1.54, 1.807) is 6.08 Å². The van der Waals surface area contributed by atoms with E-state index in [4.69, 9.17) is 9.84 Å². The standard InChI is InChI=1S/C12H14O4/c13-11(14)9-5-6-10(7-9)16-12(15)8-3-1-2-4-8/h1-2,7-9H,3-6H2,(H,13,14).